The van der Waals surface area contributed by atoms with Crippen LogP contribution in [0.1, 0.15) is 28.9 Å². The number of hydrogen-bond donors (Lipinski definition) is 0. The predicted octanol–water partition coefficient (Wildman–Crippen LogP) is 3.33. The quantitative estimate of drug-likeness (QED) is 0.687. The summed E-state index contributed by atoms with van der Waals surface area (Å²) in [5.74, 6) is -0.0944. The molecule has 5 heteroatoms. The van der Waals surface area contributed by atoms with E-state index in [1.165, 1.54) is 18.2 Å². The van der Waals surface area contributed by atoms with Crippen molar-refractivity contribution in [3.63, 3.8) is 0 Å². The van der Waals surface area contributed by atoms with Gasteiger partial charge in [0.2, 0.25) is 0 Å². The second-order valence-corrected chi connectivity index (χ2v) is 4.56. The highest BCUT2D eigenvalue weighted by molar-refractivity contribution is 6.08. The molecule has 102 valence electrons. The smallest absolute Gasteiger partial charge is 0.263 e. The van der Waals surface area contributed by atoms with Crippen LogP contribution in [0.15, 0.2) is 35.0 Å². The van der Waals surface area contributed by atoms with Gasteiger partial charge in [-0.05, 0) is 32.0 Å². The Morgan fingerprint density at radius 1 is 1.45 bits per heavy atom. The van der Waals surface area contributed by atoms with Crippen LogP contribution in [-0.2, 0) is 6.54 Å². The standard InChI is InChI=1S/C15H13FN2O2/c1-3-18-7-6-17-15(18)13(19)14-9(2)11-8-10(16)4-5-12(11)20-14/h4-8H,3H2,1-2H3. The van der Waals surface area contributed by atoms with Crippen molar-refractivity contribution in [2.24, 2.45) is 0 Å². The van der Waals surface area contributed by atoms with Gasteiger partial charge in [-0.1, -0.05) is 0 Å². The number of nitrogens with zero attached hydrogens (tertiary/aromatic N) is 2. The Balaban J connectivity index is 2.15. The molecule has 0 radical (unpaired) electrons. The van der Waals surface area contributed by atoms with Crippen LogP contribution in [-0.4, -0.2) is 15.3 Å². The number of imidazole rings is 1. The Morgan fingerprint density at radius 2 is 2.25 bits per heavy atom. The van der Waals surface area contributed by atoms with Crippen molar-refractivity contribution in [3.8, 4) is 0 Å². The minimum atomic E-state index is -0.351. The van der Waals surface area contributed by atoms with Crippen molar-refractivity contribution in [2.45, 2.75) is 20.4 Å². The third-order valence-electron chi connectivity index (χ3n) is 3.36. The van der Waals surface area contributed by atoms with Gasteiger partial charge in [-0.3, -0.25) is 4.79 Å². The van der Waals surface area contributed by atoms with E-state index in [2.05, 4.69) is 4.98 Å². The molecule has 0 bridgehead atoms. The third kappa shape index (κ3) is 1.82. The van der Waals surface area contributed by atoms with Gasteiger partial charge in [0.15, 0.2) is 11.6 Å². The summed E-state index contributed by atoms with van der Waals surface area (Å²) in [6, 6.07) is 4.21. The van der Waals surface area contributed by atoms with Gasteiger partial charge in [-0.15, -0.1) is 0 Å². The maximum Gasteiger partial charge on any atom is 0.263 e. The summed E-state index contributed by atoms with van der Waals surface area (Å²) in [6.07, 6.45) is 3.32. The Labute approximate surface area is 114 Å². The van der Waals surface area contributed by atoms with Crippen LogP contribution in [0.5, 0.6) is 0 Å². The lowest BCUT2D eigenvalue weighted by Crippen LogP contribution is -2.10. The van der Waals surface area contributed by atoms with E-state index in [4.69, 9.17) is 4.42 Å². The first-order valence-corrected chi connectivity index (χ1v) is 6.36. The molecule has 0 fully saturated rings. The molecule has 0 aliphatic rings. The number of furan rings is 1. The second kappa shape index (κ2) is 4.59. The molecule has 0 aliphatic heterocycles. The van der Waals surface area contributed by atoms with E-state index < -0.39 is 0 Å². The molecule has 0 spiro atoms. The summed E-state index contributed by atoms with van der Waals surface area (Å²) < 4.78 is 20.6. The molecule has 0 unspecified atom stereocenters. The number of rotatable bonds is 3. The molecule has 0 amide bonds. The highest BCUT2D eigenvalue weighted by Gasteiger charge is 2.22. The molecule has 1 aromatic carbocycles. The maximum atomic E-state index is 13.3. The highest BCUT2D eigenvalue weighted by atomic mass is 19.1. The van der Waals surface area contributed by atoms with Gasteiger partial charge < -0.3 is 8.98 Å². The zero-order valence-corrected chi connectivity index (χ0v) is 11.2. The lowest BCUT2D eigenvalue weighted by atomic mass is 10.1. The Bertz CT molecular complexity index is 801. The number of carbonyl (C=O) groups excluding carboxylic acids is 1. The van der Waals surface area contributed by atoms with E-state index in [0.29, 0.717) is 28.9 Å². The van der Waals surface area contributed by atoms with Gasteiger partial charge in [-0.2, -0.15) is 0 Å². The molecular formula is C15H13FN2O2. The van der Waals surface area contributed by atoms with Gasteiger partial charge in [0, 0.05) is 29.9 Å². The first-order chi connectivity index (χ1) is 9.61. The van der Waals surface area contributed by atoms with Crippen molar-refractivity contribution >= 4 is 16.8 Å². The molecule has 0 N–H and O–H groups in total. The van der Waals surface area contributed by atoms with E-state index in [0.717, 1.165) is 0 Å². The summed E-state index contributed by atoms with van der Waals surface area (Å²) in [4.78, 5) is 16.6. The fourth-order valence-electron chi connectivity index (χ4n) is 2.28. The van der Waals surface area contributed by atoms with E-state index in [1.54, 1.807) is 23.9 Å². The first kappa shape index (κ1) is 12.6. The number of benzene rings is 1. The average Bonchev–Trinajstić information content (AvgIpc) is 3.03. The molecule has 20 heavy (non-hydrogen) atoms. The number of halogens is 1. The molecule has 2 heterocycles. The number of aryl methyl sites for hydroxylation is 2. The number of ketones is 1. The van der Waals surface area contributed by atoms with Crippen LogP contribution < -0.4 is 0 Å². The number of aromatic nitrogens is 2. The van der Waals surface area contributed by atoms with Crippen molar-refractivity contribution < 1.29 is 13.6 Å². The van der Waals surface area contributed by atoms with Crippen LogP contribution in [0.4, 0.5) is 4.39 Å². The monoisotopic (exact) mass is 272 g/mol. The fourth-order valence-corrected chi connectivity index (χ4v) is 2.28. The van der Waals surface area contributed by atoms with Crippen LogP contribution in [0.2, 0.25) is 0 Å². The summed E-state index contributed by atoms with van der Waals surface area (Å²) in [5.41, 5.74) is 1.14. The predicted molar refractivity (Wildman–Crippen MR) is 72.2 cm³/mol. The van der Waals surface area contributed by atoms with Crippen LogP contribution in [0.25, 0.3) is 11.0 Å². The largest absolute Gasteiger partial charge is 0.452 e. The normalized spacial score (nSPS) is 11.2. The van der Waals surface area contributed by atoms with E-state index in [1.807, 2.05) is 6.92 Å². The molecule has 3 rings (SSSR count). The molecule has 0 atom stereocenters. The van der Waals surface area contributed by atoms with Crippen molar-refractivity contribution in [2.75, 3.05) is 0 Å². The number of hydrogen-bond acceptors (Lipinski definition) is 3. The Kier molecular flexibility index (Phi) is 2.89. The average molecular weight is 272 g/mol. The van der Waals surface area contributed by atoms with E-state index >= 15 is 0 Å². The summed E-state index contributed by atoms with van der Waals surface area (Å²) in [5, 5.41) is 0.614. The van der Waals surface area contributed by atoms with Gasteiger partial charge in [0.25, 0.3) is 5.78 Å². The molecule has 3 aromatic rings. The molecule has 0 saturated heterocycles. The zero-order chi connectivity index (χ0) is 14.3. The van der Waals surface area contributed by atoms with Crippen LogP contribution in [0, 0.1) is 12.7 Å². The first-order valence-electron chi connectivity index (χ1n) is 6.36. The molecule has 0 aliphatic carbocycles. The van der Waals surface area contributed by atoms with Crippen LogP contribution in [0.3, 0.4) is 0 Å². The SMILES string of the molecule is CCn1ccnc1C(=O)c1oc2ccc(F)cc2c1C. The lowest BCUT2D eigenvalue weighted by Gasteiger charge is -2.02. The summed E-state index contributed by atoms with van der Waals surface area (Å²) >= 11 is 0. The van der Waals surface area contributed by atoms with Gasteiger partial charge in [-0.25, -0.2) is 9.37 Å². The van der Waals surface area contributed by atoms with Gasteiger partial charge in [0.05, 0.1) is 0 Å². The van der Waals surface area contributed by atoms with Gasteiger partial charge in [0.1, 0.15) is 11.4 Å². The second-order valence-electron chi connectivity index (χ2n) is 4.56. The summed E-state index contributed by atoms with van der Waals surface area (Å²) in [6.45, 7) is 4.33. The third-order valence-corrected chi connectivity index (χ3v) is 3.36. The minimum absolute atomic E-state index is 0.214. The van der Waals surface area contributed by atoms with E-state index in [-0.39, 0.29) is 17.4 Å². The molecule has 0 saturated carbocycles. The van der Waals surface area contributed by atoms with Crippen molar-refractivity contribution in [3.05, 3.63) is 53.6 Å². The van der Waals surface area contributed by atoms with Crippen molar-refractivity contribution in [1.82, 2.24) is 9.55 Å². The van der Waals surface area contributed by atoms with Crippen molar-refractivity contribution in [1.29, 1.82) is 0 Å². The molecule has 2 aromatic heterocycles. The number of fused-ring (bicyclic) bond motifs is 1. The Hall–Kier alpha value is -2.43. The topological polar surface area (TPSA) is 48.0 Å². The van der Waals surface area contributed by atoms with Gasteiger partial charge >= 0.3 is 0 Å². The van der Waals surface area contributed by atoms with Crippen LogP contribution >= 0.6 is 0 Å². The highest BCUT2D eigenvalue weighted by Crippen LogP contribution is 2.27. The summed E-state index contributed by atoms with van der Waals surface area (Å²) in [7, 11) is 0. The molecular weight excluding hydrogens is 259 g/mol. The fraction of sp³-hybridized carbons (Fsp3) is 0.200. The minimum Gasteiger partial charge on any atom is -0.452 e. The molecule has 4 nitrogen and oxygen atoms in total. The maximum absolute atomic E-state index is 13.3. The lowest BCUT2D eigenvalue weighted by molar-refractivity contribution is 0.0996. The number of carbonyl (C=O) groups is 1. The van der Waals surface area contributed by atoms with E-state index in [9.17, 15) is 9.18 Å². The zero-order valence-electron chi connectivity index (χ0n) is 11.2. The Morgan fingerprint density at radius 3 is 3.00 bits per heavy atom.